The van der Waals surface area contributed by atoms with Crippen molar-refractivity contribution >= 4 is 21.6 Å². The number of sulfonamides is 1. The van der Waals surface area contributed by atoms with Gasteiger partial charge in [-0.1, -0.05) is 13.0 Å². The molecule has 1 N–H and O–H groups in total. The number of nitrogens with zero attached hydrogens (tertiary/aromatic N) is 1. The minimum atomic E-state index is -3.60. The van der Waals surface area contributed by atoms with Gasteiger partial charge in [0.1, 0.15) is 5.75 Å². The zero-order valence-electron chi connectivity index (χ0n) is 17.4. The first-order valence-corrected chi connectivity index (χ1v) is 11.4. The van der Waals surface area contributed by atoms with Crippen LogP contribution in [-0.2, 0) is 16.4 Å². The maximum atomic E-state index is 13.2. The Morgan fingerprint density at radius 1 is 1.21 bits per heavy atom. The number of aryl methyl sites for hydroxylation is 1. The number of carbonyl (C=O) groups excluding carboxylic acids is 1. The van der Waals surface area contributed by atoms with Crippen LogP contribution in [0.3, 0.4) is 0 Å². The third-order valence-corrected chi connectivity index (χ3v) is 7.01. The normalized spacial score (nSPS) is 15.0. The Bertz CT molecular complexity index is 1000. The highest BCUT2D eigenvalue weighted by molar-refractivity contribution is 7.89. The molecule has 0 radical (unpaired) electrons. The average Bonchev–Trinajstić information content (AvgIpc) is 2.73. The highest BCUT2D eigenvalue weighted by atomic mass is 32.2. The van der Waals surface area contributed by atoms with Gasteiger partial charge < -0.3 is 9.64 Å². The fourth-order valence-corrected chi connectivity index (χ4v) is 4.90. The van der Waals surface area contributed by atoms with Crippen LogP contribution in [-0.4, -0.2) is 34.0 Å². The van der Waals surface area contributed by atoms with E-state index in [1.807, 2.05) is 32.9 Å². The summed E-state index contributed by atoms with van der Waals surface area (Å²) in [5, 5.41) is 0. The molecule has 0 bridgehead atoms. The van der Waals surface area contributed by atoms with Crippen LogP contribution in [0.2, 0.25) is 0 Å². The number of nitrogens with one attached hydrogen (secondary N) is 1. The fourth-order valence-electron chi connectivity index (χ4n) is 3.57. The van der Waals surface area contributed by atoms with E-state index in [-0.39, 0.29) is 16.8 Å². The van der Waals surface area contributed by atoms with Gasteiger partial charge in [-0.15, -0.1) is 0 Å². The van der Waals surface area contributed by atoms with Gasteiger partial charge in [0.25, 0.3) is 5.91 Å². The first-order chi connectivity index (χ1) is 13.8. The van der Waals surface area contributed by atoms with Crippen LogP contribution in [0.25, 0.3) is 0 Å². The second-order valence-electron chi connectivity index (χ2n) is 7.43. The number of amides is 1. The quantitative estimate of drug-likeness (QED) is 0.780. The zero-order valence-corrected chi connectivity index (χ0v) is 18.2. The monoisotopic (exact) mass is 416 g/mol. The second kappa shape index (κ2) is 8.55. The lowest BCUT2D eigenvalue weighted by molar-refractivity contribution is 0.0984. The molecule has 0 spiro atoms. The molecule has 0 saturated heterocycles. The molecule has 7 heteroatoms. The summed E-state index contributed by atoms with van der Waals surface area (Å²) in [4.78, 5) is 15.1. The first kappa shape index (κ1) is 21.3. The highest BCUT2D eigenvalue weighted by Crippen LogP contribution is 2.38. The molecule has 6 nitrogen and oxygen atoms in total. The first-order valence-electron chi connectivity index (χ1n) is 9.89. The number of methoxy groups -OCH3 is 1. The Hall–Kier alpha value is -2.38. The summed E-state index contributed by atoms with van der Waals surface area (Å²) in [7, 11) is -2.00. The van der Waals surface area contributed by atoms with Gasteiger partial charge in [0, 0.05) is 18.2 Å². The van der Waals surface area contributed by atoms with Crippen molar-refractivity contribution in [1.82, 2.24) is 4.72 Å². The van der Waals surface area contributed by atoms with Crippen LogP contribution in [0, 0.1) is 6.92 Å². The number of ether oxygens (including phenoxy) is 1. The van der Waals surface area contributed by atoms with Crippen molar-refractivity contribution < 1.29 is 17.9 Å². The third kappa shape index (κ3) is 4.31. The Labute approximate surface area is 172 Å². The third-order valence-electron chi connectivity index (χ3n) is 5.40. The molecular formula is C22H28N2O4S. The molecule has 29 heavy (non-hydrogen) atoms. The van der Waals surface area contributed by atoms with Gasteiger partial charge in [0.15, 0.2) is 0 Å². The summed E-state index contributed by atoms with van der Waals surface area (Å²) in [5.41, 5.74) is 3.53. The molecule has 0 aromatic heterocycles. The Morgan fingerprint density at radius 2 is 1.90 bits per heavy atom. The number of hydrogen-bond donors (Lipinski definition) is 1. The van der Waals surface area contributed by atoms with Gasteiger partial charge in [-0.05, 0) is 74.6 Å². The van der Waals surface area contributed by atoms with E-state index in [9.17, 15) is 13.2 Å². The van der Waals surface area contributed by atoms with Crippen LogP contribution in [0.5, 0.6) is 5.75 Å². The van der Waals surface area contributed by atoms with Crippen LogP contribution >= 0.6 is 0 Å². The van der Waals surface area contributed by atoms with Gasteiger partial charge in [-0.25, -0.2) is 13.1 Å². The Morgan fingerprint density at radius 3 is 2.52 bits per heavy atom. The fraction of sp³-hybridized carbons (Fsp3) is 0.409. The lowest BCUT2D eigenvalue weighted by atomic mass is 9.95. The number of hydrogen-bond acceptors (Lipinski definition) is 4. The van der Waals surface area contributed by atoms with Gasteiger partial charge in [0.2, 0.25) is 10.0 Å². The van der Waals surface area contributed by atoms with Crippen molar-refractivity contribution in [2.45, 2.75) is 51.0 Å². The lowest BCUT2D eigenvalue weighted by Crippen LogP contribution is -2.36. The Kier molecular flexibility index (Phi) is 6.29. The summed E-state index contributed by atoms with van der Waals surface area (Å²) in [6.07, 6.45) is 2.48. The average molecular weight is 417 g/mol. The Balaban J connectivity index is 1.91. The van der Waals surface area contributed by atoms with Crippen molar-refractivity contribution in [2.75, 3.05) is 18.6 Å². The molecular weight excluding hydrogens is 388 g/mol. The highest BCUT2D eigenvalue weighted by Gasteiger charge is 2.28. The molecule has 1 atom stereocenters. The molecule has 156 valence electrons. The number of benzene rings is 2. The van der Waals surface area contributed by atoms with Crippen LogP contribution in [0.1, 0.15) is 48.2 Å². The summed E-state index contributed by atoms with van der Waals surface area (Å²) in [6, 6.07) is 9.86. The molecule has 1 aliphatic heterocycles. The summed E-state index contributed by atoms with van der Waals surface area (Å²) in [5.74, 6) is 0.518. The molecule has 1 unspecified atom stereocenters. The minimum Gasteiger partial charge on any atom is -0.495 e. The molecule has 1 heterocycles. The van der Waals surface area contributed by atoms with Crippen LogP contribution in [0.4, 0.5) is 5.69 Å². The van der Waals surface area contributed by atoms with Crippen molar-refractivity contribution in [3.05, 3.63) is 53.1 Å². The number of rotatable bonds is 6. The summed E-state index contributed by atoms with van der Waals surface area (Å²) >= 11 is 0. The second-order valence-corrected chi connectivity index (χ2v) is 9.14. The maximum absolute atomic E-state index is 13.2. The van der Waals surface area contributed by atoms with E-state index in [4.69, 9.17) is 4.74 Å². The topological polar surface area (TPSA) is 75.7 Å². The largest absolute Gasteiger partial charge is 0.495 e. The molecule has 1 amide bonds. The van der Waals surface area contributed by atoms with Crippen molar-refractivity contribution in [1.29, 1.82) is 0 Å². The van der Waals surface area contributed by atoms with Gasteiger partial charge in [-0.3, -0.25) is 4.79 Å². The lowest BCUT2D eigenvalue weighted by Gasteiger charge is -2.32. The van der Waals surface area contributed by atoms with Crippen LogP contribution in [0.15, 0.2) is 41.3 Å². The van der Waals surface area contributed by atoms with E-state index in [2.05, 4.69) is 4.72 Å². The standard InChI is InChI=1S/C22H28N2O4S/c1-5-16(3)23-29(26,27)18-11-9-17(10-12-18)22(25)24-14-6-7-19-15(2)8-13-20(28-4)21(19)24/h8-13,16,23H,5-7,14H2,1-4H3. The molecule has 2 aromatic rings. The number of carbonyl (C=O) groups is 1. The molecule has 0 aliphatic carbocycles. The van der Waals surface area contributed by atoms with E-state index < -0.39 is 10.0 Å². The SMILES string of the molecule is CCC(C)NS(=O)(=O)c1ccc(C(=O)N2CCCc3c(C)ccc(OC)c32)cc1. The van der Waals surface area contributed by atoms with Crippen molar-refractivity contribution in [3.63, 3.8) is 0 Å². The van der Waals surface area contributed by atoms with Gasteiger partial charge in [-0.2, -0.15) is 0 Å². The van der Waals surface area contributed by atoms with Gasteiger partial charge in [0.05, 0.1) is 17.7 Å². The molecule has 2 aromatic carbocycles. The molecule has 0 saturated carbocycles. The molecule has 1 aliphatic rings. The molecule has 0 fully saturated rings. The predicted molar refractivity (Wildman–Crippen MR) is 114 cm³/mol. The number of fused-ring (bicyclic) bond motifs is 1. The van der Waals surface area contributed by atoms with Crippen molar-refractivity contribution in [2.24, 2.45) is 0 Å². The van der Waals surface area contributed by atoms with Gasteiger partial charge >= 0.3 is 0 Å². The summed E-state index contributed by atoms with van der Waals surface area (Å²) < 4.78 is 33.0. The van der Waals surface area contributed by atoms with E-state index in [1.54, 1.807) is 24.1 Å². The summed E-state index contributed by atoms with van der Waals surface area (Å²) in [6.45, 7) is 6.37. The number of anilines is 1. The van der Waals surface area contributed by atoms with E-state index in [0.29, 0.717) is 24.3 Å². The smallest absolute Gasteiger partial charge is 0.258 e. The predicted octanol–water partition coefficient (Wildman–Crippen LogP) is 3.67. The molecule has 3 rings (SSSR count). The van der Waals surface area contributed by atoms with E-state index >= 15 is 0 Å². The minimum absolute atomic E-state index is 0.151. The van der Waals surface area contributed by atoms with Crippen molar-refractivity contribution in [3.8, 4) is 5.75 Å². The van der Waals surface area contributed by atoms with E-state index in [0.717, 1.165) is 29.7 Å². The van der Waals surface area contributed by atoms with Crippen LogP contribution < -0.4 is 14.4 Å². The zero-order chi connectivity index (χ0) is 21.2. The maximum Gasteiger partial charge on any atom is 0.258 e. The van der Waals surface area contributed by atoms with E-state index in [1.165, 1.54) is 12.1 Å².